The molecule has 0 bridgehead atoms. The fraction of sp³-hybridized carbons (Fsp3) is 0.250. The number of carbonyl (C=O) groups excluding carboxylic acids is 1. The maximum absolute atomic E-state index is 13.8. The van der Waals surface area contributed by atoms with Gasteiger partial charge >= 0.3 is 0 Å². The fourth-order valence-electron chi connectivity index (χ4n) is 5.13. The summed E-state index contributed by atoms with van der Waals surface area (Å²) in [6.45, 7) is 2.77. The molecule has 6 nitrogen and oxygen atoms in total. The molecule has 2 N–H and O–H groups in total. The zero-order chi connectivity index (χ0) is 23.1. The predicted octanol–water partition coefficient (Wildman–Crippen LogP) is 5.79. The lowest BCUT2D eigenvalue weighted by Crippen LogP contribution is -2.27. The summed E-state index contributed by atoms with van der Waals surface area (Å²) in [5.41, 5.74) is 5.70. The second kappa shape index (κ2) is 8.45. The van der Waals surface area contributed by atoms with Crippen molar-refractivity contribution >= 4 is 17.2 Å². The number of para-hydroxylation sites is 3. The highest BCUT2D eigenvalue weighted by Crippen LogP contribution is 2.46. The van der Waals surface area contributed by atoms with Gasteiger partial charge in [0.2, 0.25) is 6.79 Å². The topological polar surface area (TPSA) is 68.8 Å². The van der Waals surface area contributed by atoms with Crippen LogP contribution in [0.1, 0.15) is 42.9 Å². The summed E-state index contributed by atoms with van der Waals surface area (Å²) in [5.74, 6) is 2.48. The monoisotopic (exact) mass is 454 g/mol. The number of carbonyl (C=O) groups is 1. The summed E-state index contributed by atoms with van der Waals surface area (Å²) in [6.07, 6.45) is 1.16. The predicted molar refractivity (Wildman–Crippen MR) is 131 cm³/mol. The van der Waals surface area contributed by atoms with Crippen molar-refractivity contribution in [1.29, 1.82) is 0 Å². The van der Waals surface area contributed by atoms with E-state index in [2.05, 4.69) is 10.6 Å². The quantitative estimate of drug-likeness (QED) is 0.520. The Morgan fingerprint density at radius 2 is 1.74 bits per heavy atom. The van der Waals surface area contributed by atoms with Crippen molar-refractivity contribution in [3.8, 4) is 17.2 Å². The lowest BCUT2D eigenvalue weighted by molar-refractivity contribution is -0.116. The van der Waals surface area contributed by atoms with Crippen LogP contribution in [0.25, 0.3) is 0 Å². The van der Waals surface area contributed by atoms with Crippen LogP contribution in [-0.4, -0.2) is 19.2 Å². The highest BCUT2D eigenvalue weighted by atomic mass is 16.7. The van der Waals surface area contributed by atoms with Gasteiger partial charge in [0.25, 0.3) is 0 Å². The number of ether oxygens (including phenoxy) is 3. The minimum Gasteiger partial charge on any atom is -0.494 e. The van der Waals surface area contributed by atoms with E-state index in [1.807, 2.05) is 73.7 Å². The number of ketones is 1. The van der Waals surface area contributed by atoms with Gasteiger partial charge in [-0.15, -0.1) is 0 Å². The second-order valence-electron chi connectivity index (χ2n) is 8.75. The Morgan fingerprint density at radius 3 is 2.62 bits per heavy atom. The maximum Gasteiger partial charge on any atom is 0.231 e. The number of Topliss-reactive ketones (excluding diaryl/α,β-unsaturated/α-hetero) is 1. The molecule has 34 heavy (non-hydrogen) atoms. The van der Waals surface area contributed by atoms with Crippen LogP contribution < -0.4 is 24.8 Å². The van der Waals surface area contributed by atoms with Gasteiger partial charge in [-0.25, -0.2) is 0 Å². The van der Waals surface area contributed by atoms with Gasteiger partial charge in [-0.3, -0.25) is 4.79 Å². The molecule has 0 amide bonds. The Morgan fingerprint density at radius 1 is 0.941 bits per heavy atom. The van der Waals surface area contributed by atoms with Gasteiger partial charge < -0.3 is 24.8 Å². The Balaban J connectivity index is 1.44. The largest absolute Gasteiger partial charge is 0.494 e. The van der Waals surface area contributed by atoms with E-state index in [1.165, 1.54) is 0 Å². The number of fused-ring (bicyclic) bond motifs is 2. The number of rotatable bonds is 4. The fourth-order valence-corrected chi connectivity index (χ4v) is 5.13. The Labute approximate surface area is 198 Å². The van der Waals surface area contributed by atoms with E-state index >= 15 is 0 Å². The average molecular weight is 455 g/mol. The van der Waals surface area contributed by atoms with Crippen LogP contribution in [0.4, 0.5) is 11.4 Å². The smallest absolute Gasteiger partial charge is 0.231 e. The van der Waals surface area contributed by atoms with E-state index in [9.17, 15) is 4.79 Å². The average Bonchev–Trinajstić information content (AvgIpc) is 3.25. The first-order valence-corrected chi connectivity index (χ1v) is 11.7. The number of hydrogen-bond donors (Lipinski definition) is 2. The van der Waals surface area contributed by atoms with Crippen LogP contribution in [0.15, 0.2) is 78.0 Å². The van der Waals surface area contributed by atoms with Crippen LogP contribution in [0.2, 0.25) is 0 Å². The van der Waals surface area contributed by atoms with Gasteiger partial charge in [0.1, 0.15) is 5.75 Å². The van der Waals surface area contributed by atoms with Crippen molar-refractivity contribution in [2.24, 2.45) is 0 Å². The van der Waals surface area contributed by atoms with E-state index in [1.54, 1.807) is 0 Å². The van der Waals surface area contributed by atoms with Gasteiger partial charge in [-0.2, -0.15) is 0 Å². The van der Waals surface area contributed by atoms with Crippen molar-refractivity contribution in [2.45, 2.75) is 31.7 Å². The summed E-state index contributed by atoms with van der Waals surface area (Å²) < 4.78 is 17.0. The SMILES string of the molecule is CCOc1ccccc1C1Nc2ccccc2NC2=C1C(=O)CC(c1ccc3c(c1)OCO3)C2. The summed E-state index contributed by atoms with van der Waals surface area (Å²) >= 11 is 0. The molecule has 0 saturated carbocycles. The zero-order valence-corrected chi connectivity index (χ0v) is 19.0. The molecule has 2 aliphatic heterocycles. The third kappa shape index (κ3) is 3.55. The summed E-state index contributed by atoms with van der Waals surface area (Å²) in [7, 11) is 0. The number of hydrogen-bond acceptors (Lipinski definition) is 6. The molecule has 0 fully saturated rings. The molecule has 0 radical (unpaired) electrons. The number of nitrogens with one attached hydrogen (secondary N) is 2. The maximum atomic E-state index is 13.8. The number of anilines is 2. The zero-order valence-electron chi connectivity index (χ0n) is 19.0. The van der Waals surface area contributed by atoms with E-state index in [0.29, 0.717) is 13.0 Å². The van der Waals surface area contributed by atoms with Gasteiger partial charge in [0, 0.05) is 23.3 Å². The first kappa shape index (κ1) is 20.7. The molecular formula is C28H26N2O4. The molecular weight excluding hydrogens is 428 g/mol. The molecule has 6 rings (SSSR count). The van der Waals surface area contributed by atoms with Gasteiger partial charge in [-0.05, 0) is 55.2 Å². The molecule has 2 heterocycles. The number of benzene rings is 3. The Hall–Kier alpha value is -3.93. The molecule has 2 unspecified atom stereocenters. The van der Waals surface area contributed by atoms with Crippen LogP contribution in [0.3, 0.4) is 0 Å². The third-order valence-corrected chi connectivity index (χ3v) is 6.71. The first-order chi connectivity index (χ1) is 16.7. The van der Waals surface area contributed by atoms with E-state index in [4.69, 9.17) is 14.2 Å². The normalized spacial score (nSPS) is 20.6. The minimum atomic E-state index is -0.306. The second-order valence-corrected chi connectivity index (χ2v) is 8.75. The highest BCUT2D eigenvalue weighted by Gasteiger charge is 2.37. The minimum absolute atomic E-state index is 0.0568. The van der Waals surface area contributed by atoms with Crippen molar-refractivity contribution < 1.29 is 19.0 Å². The molecule has 2 atom stereocenters. The van der Waals surface area contributed by atoms with Gasteiger partial charge in [-0.1, -0.05) is 36.4 Å². The molecule has 172 valence electrons. The van der Waals surface area contributed by atoms with Crippen molar-refractivity contribution in [3.63, 3.8) is 0 Å². The van der Waals surface area contributed by atoms with E-state index in [-0.39, 0.29) is 24.5 Å². The van der Waals surface area contributed by atoms with Crippen molar-refractivity contribution in [2.75, 3.05) is 24.0 Å². The van der Waals surface area contributed by atoms with Gasteiger partial charge in [0.05, 0.1) is 24.0 Å². The third-order valence-electron chi connectivity index (χ3n) is 6.71. The lowest BCUT2D eigenvalue weighted by Gasteiger charge is -2.30. The molecule has 0 saturated heterocycles. The molecule has 3 aromatic carbocycles. The van der Waals surface area contributed by atoms with Crippen LogP contribution in [0, 0.1) is 0 Å². The first-order valence-electron chi connectivity index (χ1n) is 11.7. The molecule has 6 heteroatoms. The highest BCUT2D eigenvalue weighted by molar-refractivity contribution is 6.01. The van der Waals surface area contributed by atoms with E-state index in [0.717, 1.165) is 57.4 Å². The molecule has 0 aromatic heterocycles. The molecule has 3 aliphatic rings. The lowest BCUT2D eigenvalue weighted by atomic mass is 9.78. The Bertz CT molecular complexity index is 1300. The van der Waals surface area contributed by atoms with Crippen LogP contribution in [0.5, 0.6) is 17.2 Å². The van der Waals surface area contributed by atoms with Crippen LogP contribution in [-0.2, 0) is 4.79 Å². The molecule has 3 aromatic rings. The summed E-state index contributed by atoms with van der Waals surface area (Å²) in [6, 6.07) is 21.7. The molecule has 0 spiro atoms. The standard InChI is InChI=1S/C28H26N2O4/c1-2-32-24-10-6-3-7-19(24)28-27-22(29-20-8-4-5-9-21(20)30-28)13-18(14-23(27)31)17-11-12-25-26(15-17)34-16-33-25/h3-12,15,18,28-30H,2,13-14,16H2,1H3. The molecule has 1 aliphatic carbocycles. The van der Waals surface area contributed by atoms with Crippen LogP contribution >= 0.6 is 0 Å². The summed E-state index contributed by atoms with van der Waals surface area (Å²) in [4.78, 5) is 13.8. The van der Waals surface area contributed by atoms with E-state index < -0.39 is 0 Å². The number of allylic oxidation sites excluding steroid dienone is 1. The van der Waals surface area contributed by atoms with Crippen molar-refractivity contribution in [3.05, 3.63) is 89.1 Å². The summed E-state index contributed by atoms with van der Waals surface area (Å²) in [5, 5.41) is 7.23. The van der Waals surface area contributed by atoms with Crippen molar-refractivity contribution in [1.82, 2.24) is 0 Å². The van der Waals surface area contributed by atoms with Gasteiger partial charge in [0.15, 0.2) is 17.3 Å². The Kier molecular flexibility index (Phi) is 5.13.